The van der Waals surface area contributed by atoms with Crippen molar-refractivity contribution in [2.24, 2.45) is 0 Å². The van der Waals surface area contributed by atoms with Crippen LogP contribution in [0.25, 0.3) is 33.4 Å². The third kappa shape index (κ3) is 2.59. The first-order chi connectivity index (χ1) is 12.6. The Balaban J connectivity index is 2.14. The van der Waals surface area contributed by atoms with E-state index >= 15 is 0 Å². The zero-order valence-corrected chi connectivity index (χ0v) is 14.3. The van der Waals surface area contributed by atoms with Gasteiger partial charge >= 0.3 is 0 Å². The number of H-pyrrole nitrogens is 1. The molecule has 130 valence electrons. The van der Waals surface area contributed by atoms with Crippen LogP contribution in [0.2, 0.25) is 5.02 Å². The summed E-state index contributed by atoms with van der Waals surface area (Å²) < 4.78 is 34.5. The van der Waals surface area contributed by atoms with Crippen LogP contribution in [0, 0.1) is 11.6 Å². The van der Waals surface area contributed by atoms with Gasteiger partial charge in [-0.1, -0.05) is 11.6 Å². The number of hydrogen-bond acceptors (Lipinski definition) is 3. The number of methoxy groups -OCH3 is 1. The Morgan fingerprint density at radius 3 is 2.73 bits per heavy atom. The van der Waals surface area contributed by atoms with Crippen molar-refractivity contribution in [1.29, 1.82) is 0 Å². The van der Waals surface area contributed by atoms with E-state index in [0.717, 1.165) is 6.20 Å². The number of aromatic amines is 1. The average Bonchev–Trinajstić information content (AvgIpc) is 3.02. The SMILES string of the molecule is COc1cncc(F)c1-c1[nH]c2cccnc2c1-c1cc(Cl)ccc1F. The van der Waals surface area contributed by atoms with Gasteiger partial charge < -0.3 is 9.72 Å². The van der Waals surface area contributed by atoms with Gasteiger partial charge in [0.15, 0.2) is 5.82 Å². The molecule has 7 heteroatoms. The van der Waals surface area contributed by atoms with Crippen LogP contribution < -0.4 is 4.74 Å². The Morgan fingerprint density at radius 2 is 1.92 bits per heavy atom. The lowest BCUT2D eigenvalue weighted by Crippen LogP contribution is -1.95. The van der Waals surface area contributed by atoms with Crippen LogP contribution in [0.4, 0.5) is 8.78 Å². The number of fused-ring (bicyclic) bond motifs is 1. The lowest BCUT2D eigenvalue weighted by atomic mass is 9.99. The van der Waals surface area contributed by atoms with Crippen LogP contribution in [0.15, 0.2) is 48.9 Å². The van der Waals surface area contributed by atoms with Gasteiger partial charge in [0.1, 0.15) is 11.6 Å². The van der Waals surface area contributed by atoms with Crippen molar-refractivity contribution in [3.63, 3.8) is 0 Å². The molecule has 0 radical (unpaired) electrons. The summed E-state index contributed by atoms with van der Waals surface area (Å²) >= 11 is 6.07. The van der Waals surface area contributed by atoms with Gasteiger partial charge in [0.25, 0.3) is 0 Å². The van der Waals surface area contributed by atoms with E-state index in [0.29, 0.717) is 27.3 Å². The monoisotopic (exact) mass is 371 g/mol. The van der Waals surface area contributed by atoms with Crippen molar-refractivity contribution in [2.75, 3.05) is 7.11 Å². The molecule has 0 fully saturated rings. The van der Waals surface area contributed by atoms with Crippen LogP contribution in [0.1, 0.15) is 0 Å². The van der Waals surface area contributed by atoms with E-state index in [1.165, 1.54) is 31.5 Å². The fourth-order valence-corrected chi connectivity index (χ4v) is 3.15. The number of hydrogen-bond donors (Lipinski definition) is 1. The van der Waals surface area contributed by atoms with Crippen LogP contribution in [-0.4, -0.2) is 22.1 Å². The third-order valence-electron chi connectivity index (χ3n) is 4.09. The molecule has 1 N–H and O–H groups in total. The minimum absolute atomic E-state index is 0.148. The number of pyridine rings is 2. The summed E-state index contributed by atoms with van der Waals surface area (Å²) in [6, 6.07) is 7.73. The summed E-state index contributed by atoms with van der Waals surface area (Å²) in [4.78, 5) is 11.3. The molecule has 26 heavy (non-hydrogen) atoms. The number of rotatable bonds is 3. The molecule has 0 unspecified atom stereocenters. The van der Waals surface area contributed by atoms with Gasteiger partial charge in [-0.2, -0.15) is 0 Å². The number of ether oxygens (including phenoxy) is 1. The smallest absolute Gasteiger partial charge is 0.154 e. The molecule has 0 aliphatic heterocycles. The van der Waals surface area contributed by atoms with Gasteiger partial charge in [0.05, 0.1) is 41.8 Å². The molecule has 4 rings (SSSR count). The van der Waals surface area contributed by atoms with E-state index < -0.39 is 11.6 Å². The maximum absolute atomic E-state index is 14.6. The number of nitrogens with zero attached hydrogens (tertiary/aromatic N) is 2. The zero-order valence-electron chi connectivity index (χ0n) is 13.6. The third-order valence-corrected chi connectivity index (χ3v) is 4.32. The predicted octanol–water partition coefficient (Wildman–Crippen LogP) is 5.23. The molecule has 4 aromatic rings. The van der Waals surface area contributed by atoms with Crippen molar-refractivity contribution >= 4 is 22.6 Å². The van der Waals surface area contributed by atoms with Crippen LogP contribution >= 0.6 is 11.6 Å². The van der Waals surface area contributed by atoms with E-state index in [1.54, 1.807) is 18.3 Å². The highest BCUT2D eigenvalue weighted by molar-refractivity contribution is 6.31. The summed E-state index contributed by atoms with van der Waals surface area (Å²) in [6.45, 7) is 0. The van der Waals surface area contributed by atoms with Crippen molar-refractivity contribution in [2.45, 2.75) is 0 Å². The van der Waals surface area contributed by atoms with Gasteiger partial charge in [0, 0.05) is 22.3 Å². The molecule has 0 saturated carbocycles. The van der Waals surface area contributed by atoms with Gasteiger partial charge in [-0.05, 0) is 30.3 Å². The molecule has 3 heterocycles. The largest absolute Gasteiger partial charge is 0.494 e. The molecule has 0 saturated heterocycles. The highest BCUT2D eigenvalue weighted by Crippen LogP contribution is 2.42. The van der Waals surface area contributed by atoms with Crippen LogP contribution in [0.3, 0.4) is 0 Å². The molecule has 0 aliphatic carbocycles. The minimum atomic E-state index is -0.598. The van der Waals surface area contributed by atoms with Gasteiger partial charge in [-0.15, -0.1) is 0 Å². The molecule has 0 bridgehead atoms. The van der Waals surface area contributed by atoms with Gasteiger partial charge in [-0.3, -0.25) is 9.97 Å². The summed E-state index contributed by atoms with van der Waals surface area (Å²) in [5, 5.41) is 0.361. The van der Waals surface area contributed by atoms with Gasteiger partial charge in [0.2, 0.25) is 0 Å². The van der Waals surface area contributed by atoms with Crippen molar-refractivity contribution in [3.8, 4) is 28.1 Å². The molecule has 3 aromatic heterocycles. The number of aromatic nitrogens is 3. The second-order valence-electron chi connectivity index (χ2n) is 5.60. The Hall–Kier alpha value is -2.99. The molecular weight excluding hydrogens is 360 g/mol. The molecule has 4 nitrogen and oxygen atoms in total. The lowest BCUT2D eigenvalue weighted by molar-refractivity contribution is 0.411. The van der Waals surface area contributed by atoms with E-state index in [2.05, 4.69) is 15.0 Å². The Morgan fingerprint density at radius 1 is 1.08 bits per heavy atom. The first kappa shape index (κ1) is 16.5. The summed E-state index contributed by atoms with van der Waals surface area (Å²) in [7, 11) is 1.42. The van der Waals surface area contributed by atoms with E-state index in [4.69, 9.17) is 16.3 Å². The van der Waals surface area contributed by atoms with Crippen LogP contribution in [-0.2, 0) is 0 Å². The standard InChI is InChI=1S/C19H12ClF2N3O/c1-26-15-9-23-8-13(22)17(15)19-16(11-7-10(20)4-5-12(11)21)18-14(25-19)3-2-6-24-18/h2-9,25H,1H3. The second-order valence-corrected chi connectivity index (χ2v) is 6.03. The summed E-state index contributed by atoms with van der Waals surface area (Å²) in [6.07, 6.45) is 4.07. The Bertz CT molecular complexity index is 1130. The highest BCUT2D eigenvalue weighted by atomic mass is 35.5. The normalized spacial score (nSPS) is 11.1. The Kier molecular flexibility index (Phi) is 4.05. The van der Waals surface area contributed by atoms with Crippen LogP contribution in [0.5, 0.6) is 5.75 Å². The van der Waals surface area contributed by atoms with Crippen molar-refractivity contribution in [3.05, 3.63) is 65.6 Å². The zero-order chi connectivity index (χ0) is 18.3. The molecule has 0 amide bonds. The van der Waals surface area contributed by atoms with Crippen molar-refractivity contribution < 1.29 is 13.5 Å². The number of nitrogens with one attached hydrogen (secondary N) is 1. The fourth-order valence-electron chi connectivity index (χ4n) is 2.97. The maximum Gasteiger partial charge on any atom is 0.154 e. The second kappa shape index (κ2) is 6.38. The fraction of sp³-hybridized carbons (Fsp3) is 0.0526. The average molecular weight is 372 g/mol. The summed E-state index contributed by atoms with van der Waals surface area (Å²) in [5.41, 5.74) is 2.25. The molecule has 0 spiro atoms. The topological polar surface area (TPSA) is 50.8 Å². The quantitative estimate of drug-likeness (QED) is 0.536. The molecule has 0 aliphatic rings. The van der Waals surface area contributed by atoms with E-state index in [9.17, 15) is 8.78 Å². The Labute approximate surface area is 152 Å². The predicted molar refractivity (Wildman–Crippen MR) is 96.2 cm³/mol. The first-order valence-electron chi connectivity index (χ1n) is 7.70. The number of benzene rings is 1. The highest BCUT2D eigenvalue weighted by Gasteiger charge is 2.24. The molecular formula is C19H12ClF2N3O. The van der Waals surface area contributed by atoms with E-state index in [1.807, 2.05) is 0 Å². The lowest BCUT2D eigenvalue weighted by Gasteiger charge is -2.11. The summed E-state index contributed by atoms with van der Waals surface area (Å²) in [5.74, 6) is -0.865. The molecule has 0 atom stereocenters. The van der Waals surface area contributed by atoms with Crippen molar-refractivity contribution in [1.82, 2.24) is 15.0 Å². The van der Waals surface area contributed by atoms with E-state index in [-0.39, 0.29) is 16.9 Å². The first-order valence-corrected chi connectivity index (χ1v) is 8.08. The van der Waals surface area contributed by atoms with Gasteiger partial charge in [-0.25, -0.2) is 8.78 Å². The number of halogens is 3. The molecule has 1 aromatic carbocycles. The minimum Gasteiger partial charge on any atom is -0.494 e. The maximum atomic E-state index is 14.6.